The van der Waals surface area contributed by atoms with Gasteiger partial charge in [0.15, 0.2) is 0 Å². The molecule has 22 heavy (non-hydrogen) atoms. The average Bonchev–Trinajstić information content (AvgIpc) is 2.76. The standard InChI is InChI=1S/C18H25NO3/c1-9(20)19-13-7-6-11-8-10-4-2-3-5-12(10)15-14(11)16(13)18(22)17(15)21/h10-16H,2-8H2,1H3,(H,19,20). The van der Waals surface area contributed by atoms with E-state index in [1.54, 1.807) is 0 Å². The van der Waals surface area contributed by atoms with E-state index in [2.05, 4.69) is 5.32 Å². The van der Waals surface area contributed by atoms with Crippen molar-refractivity contribution in [2.24, 2.45) is 35.5 Å². The van der Waals surface area contributed by atoms with E-state index in [-0.39, 0.29) is 41.3 Å². The molecule has 0 aromatic heterocycles. The lowest BCUT2D eigenvalue weighted by Crippen LogP contribution is -2.51. The number of ketones is 2. The summed E-state index contributed by atoms with van der Waals surface area (Å²) < 4.78 is 0. The fourth-order valence-corrected chi connectivity index (χ4v) is 6.27. The van der Waals surface area contributed by atoms with Crippen molar-refractivity contribution in [3.05, 3.63) is 0 Å². The van der Waals surface area contributed by atoms with Gasteiger partial charge in [-0.25, -0.2) is 0 Å². The molecule has 7 atom stereocenters. The van der Waals surface area contributed by atoms with Gasteiger partial charge in [0.1, 0.15) is 0 Å². The number of rotatable bonds is 1. The van der Waals surface area contributed by atoms with Gasteiger partial charge in [0, 0.05) is 24.8 Å². The normalized spacial score (nSPS) is 46.9. The van der Waals surface area contributed by atoms with E-state index in [1.807, 2.05) is 0 Å². The molecule has 7 unspecified atom stereocenters. The summed E-state index contributed by atoms with van der Waals surface area (Å²) in [5.74, 6) is 1.21. The number of carbonyl (C=O) groups is 3. The summed E-state index contributed by atoms with van der Waals surface area (Å²) in [6.07, 6.45) is 7.97. The molecule has 1 N–H and O–H groups in total. The topological polar surface area (TPSA) is 63.2 Å². The smallest absolute Gasteiger partial charge is 0.217 e. The molecule has 4 aliphatic rings. The van der Waals surface area contributed by atoms with Gasteiger partial charge in [-0.3, -0.25) is 14.4 Å². The van der Waals surface area contributed by atoms with Gasteiger partial charge >= 0.3 is 0 Å². The highest BCUT2D eigenvalue weighted by atomic mass is 16.2. The summed E-state index contributed by atoms with van der Waals surface area (Å²) in [4.78, 5) is 36.8. The molecule has 4 saturated carbocycles. The zero-order valence-corrected chi connectivity index (χ0v) is 13.2. The third-order valence-electron chi connectivity index (χ3n) is 6.93. The van der Waals surface area contributed by atoms with Crippen LogP contribution in [0, 0.1) is 35.5 Å². The fourth-order valence-electron chi connectivity index (χ4n) is 6.27. The first-order chi connectivity index (χ1) is 10.6. The van der Waals surface area contributed by atoms with E-state index >= 15 is 0 Å². The van der Waals surface area contributed by atoms with Crippen LogP contribution in [0.2, 0.25) is 0 Å². The first-order valence-electron chi connectivity index (χ1n) is 8.93. The predicted octanol–water partition coefficient (Wildman–Crippen LogP) is 2.11. The molecule has 0 radical (unpaired) electrons. The number of carbonyl (C=O) groups excluding carboxylic acids is 3. The highest BCUT2D eigenvalue weighted by Crippen LogP contribution is 2.58. The lowest BCUT2D eigenvalue weighted by Gasteiger charge is -2.50. The number of amides is 1. The van der Waals surface area contributed by atoms with E-state index in [1.165, 1.54) is 32.6 Å². The quantitative estimate of drug-likeness (QED) is 0.755. The summed E-state index contributed by atoms with van der Waals surface area (Å²) in [5, 5.41) is 2.95. The van der Waals surface area contributed by atoms with Crippen LogP contribution in [-0.2, 0) is 14.4 Å². The Morgan fingerprint density at radius 2 is 1.68 bits per heavy atom. The Morgan fingerprint density at radius 1 is 0.955 bits per heavy atom. The van der Waals surface area contributed by atoms with Gasteiger partial charge in [0.2, 0.25) is 17.5 Å². The van der Waals surface area contributed by atoms with Crippen molar-refractivity contribution in [2.45, 2.75) is 57.9 Å². The second-order valence-electron chi connectivity index (χ2n) is 7.95. The van der Waals surface area contributed by atoms with Crippen LogP contribution in [-0.4, -0.2) is 23.5 Å². The van der Waals surface area contributed by atoms with Crippen molar-refractivity contribution < 1.29 is 14.4 Å². The molecule has 4 nitrogen and oxygen atoms in total. The number of nitrogens with one attached hydrogen (secondary N) is 1. The van der Waals surface area contributed by atoms with Crippen LogP contribution in [0.15, 0.2) is 0 Å². The van der Waals surface area contributed by atoms with Crippen molar-refractivity contribution >= 4 is 17.5 Å². The SMILES string of the molecule is CC(=O)NC1CCC2CC3CCCCC3C3C(=O)C(=O)C1C23. The molecule has 4 aliphatic carbocycles. The number of hydrogen-bond acceptors (Lipinski definition) is 3. The second kappa shape index (κ2) is 5.17. The number of Topliss-reactive ketones (excluding diaryl/α,β-unsaturated/α-hetero) is 2. The zero-order valence-electron chi connectivity index (χ0n) is 13.2. The fraction of sp³-hybridized carbons (Fsp3) is 0.833. The van der Waals surface area contributed by atoms with E-state index in [4.69, 9.17) is 0 Å². The zero-order chi connectivity index (χ0) is 15.4. The Labute approximate surface area is 131 Å². The maximum Gasteiger partial charge on any atom is 0.217 e. The molecule has 4 fully saturated rings. The highest BCUT2D eigenvalue weighted by Gasteiger charge is 2.62. The molecule has 0 spiro atoms. The summed E-state index contributed by atoms with van der Waals surface area (Å²) >= 11 is 0. The molecule has 0 bridgehead atoms. The minimum Gasteiger partial charge on any atom is -0.353 e. The van der Waals surface area contributed by atoms with Gasteiger partial charge in [-0.15, -0.1) is 0 Å². The van der Waals surface area contributed by atoms with Crippen molar-refractivity contribution in [2.75, 3.05) is 0 Å². The summed E-state index contributed by atoms with van der Waals surface area (Å²) in [6.45, 7) is 1.50. The van der Waals surface area contributed by atoms with E-state index in [9.17, 15) is 14.4 Å². The minimum atomic E-state index is -0.233. The molecule has 0 aromatic rings. The Bertz CT molecular complexity index is 528. The van der Waals surface area contributed by atoms with Crippen LogP contribution in [0.1, 0.15) is 51.9 Å². The Hall–Kier alpha value is -1.19. The maximum absolute atomic E-state index is 12.7. The van der Waals surface area contributed by atoms with Crippen LogP contribution in [0.5, 0.6) is 0 Å². The van der Waals surface area contributed by atoms with Gasteiger partial charge in [-0.05, 0) is 49.4 Å². The van der Waals surface area contributed by atoms with E-state index in [0.29, 0.717) is 17.8 Å². The Kier molecular flexibility index (Phi) is 3.39. The molecule has 1 amide bonds. The van der Waals surface area contributed by atoms with Gasteiger partial charge in [0.05, 0.1) is 0 Å². The molecule has 120 valence electrons. The first-order valence-corrected chi connectivity index (χ1v) is 8.93. The third-order valence-corrected chi connectivity index (χ3v) is 6.93. The van der Waals surface area contributed by atoms with Crippen LogP contribution in [0.4, 0.5) is 0 Å². The van der Waals surface area contributed by atoms with E-state index < -0.39 is 0 Å². The van der Waals surface area contributed by atoms with Crippen molar-refractivity contribution in [1.29, 1.82) is 0 Å². The molecule has 4 rings (SSSR count). The summed E-state index contributed by atoms with van der Waals surface area (Å²) in [5.41, 5.74) is 0. The van der Waals surface area contributed by atoms with Crippen molar-refractivity contribution in [3.8, 4) is 0 Å². The molecule has 4 heteroatoms. The van der Waals surface area contributed by atoms with Crippen LogP contribution in [0.25, 0.3) is 0 Å². The second-order valence-corrected chi connectivity index (χ2v) is 7.95. The largest absolute Gasteiger partial charge is 0.353 e. The summed E-state index contributed by atoms with van der Waals surface area (Å²) in [6, 6.07) is -0.111. The van der Waals surface area contributed by atoms with E-state index in [0.717, 1.165) is 19.3 Å². The molecule has 0 saturated heterocycles. The molecular weight excluding hydrogens is 278 g/mol. The van der Waals surface area contributed by atoms with Gasteiger partial charge < -0.3 is 5.32 Å². The number of hydrogen-bond donors (Lipinski definition) is 1. The predicted molar refractivity (Wildman–Crippen MR) is 80.9 cm³/mol. The molecule has 0 aromatic carbocycles. The molecule has 0 heterocycles. The van der Waals surface area contributed by atoms with Gasteiger partial charge in [0.25, 0.3) is 0 Å². The maximum atomic E-state index is 12.7. The Balaban J connectivity index is 1.68. The first kappa shape index (κ1) is 14.4. The lowest BCUT2D eigenvalue weighted by molar-refractivity contribution is -0.138. The van der Waals surface area contributed by atoms with Gasteiger partial charge in [-0.2, -0.15) is 0 Å². The van der Waals surface area contributed by atoms with Gasteiger partial charge in [-0.1, -0.05) is 19.3 Å². The average molecular weight is 303 g/mol. The molecular formula is C18H25NO3. The van der Waals surface area contributed by atoms with Crippen LogP contribution in [0.3, 0.4) is 0 Å². The minimum absolute atomic E-state index is 0.0295. The Morgan fingerprint density at radius 3 is 2.45 bits per heavy atom. The van der Waals surface area contributed by atoms with Crippen molar-refractivity contribution in [3.63, 3.8) is 0 Å². The highest BCUT2D eigenvalue weighted by molar-refractivity contribution is 6.41. The third kappa shape index (κ3) is 1.99. The number of fused-ring (bicyclic) bond motifs is 2. The van der Waals surface area contributed by atoms with Crippen molar-refractivity contribution in [1.82, 2.24) is 5.32 Å². The van der Waals surface area contributed by atoms with Crippen LogP contribution < -0.4 is 5.32 Å². The monoisotopic (exact) mass is 303 g/mol. The van der Waals surface area contributed by atoms with Crippen LogP contribution >= 0.6 is 0 Å². The summed E-state index contributed by atoms with van der Waals surface area (Å²) in [7, 11) is 0. The lowest BCUT2D eigenvalue weighted by atomic mass is 9.54. The molecule has 0 aliphatic heterocycles.